The fraction of sp³-hybridized carbons (Fsp3) is 0.235. The Balaban J connectivity index is 2.40. The Morgan fingerprint density at radius 1 is 0.857 bits per heavy atom. The highest BCUT2D eigenvalue weighted by Gasteiger charge is 2.25. The molecule has 0 bridgehead atoms. The summed E-state index contributed by atoms with van der Waals surface area (Å²) in [4.78, 5) is 12.4. The monoisotopic (exact) mass is 286 g/mol. The molecule has 2 aromatic carbocycles. The fourth-order valence-electron chi connectivity index (χ4n) is 2.10. The van der Waals surface area contributed by atoms with Crippen molar-refractivity contribution in [3.8, 4) is 11.5 Å². The van der Waals surface area contributed by atoms with Crippen LogP contribution in [0.4, 0.5) is 0 Å². The molecule has 0 aliphatic rings. The maximum atomic E-state index is 12.4. The summed E-state index contributed by atoms with van der Waals surface area (Å²) in [5.74, 6) is -0.671. The van der Waals surface area contributed by atoms with Crippen molar-refractivity contribution in [2.45, 2.75) is 25.9 Å². The molecule has 2 rings (SSSR count). The van der Waals surface area contributed by atoms with E-state index >= 15 is 0 Å². The number of hydrogen-bond donors (Lipinski definition) is 2. The largest absolute Gasteiger partial charge is 0.508 e. The highest BCUT2D eigenvalue weighted by molar-refractivity contribution is 5.82. The molecule has 0 aliphatic heterocycles. The van der Waals surface area contributed by atoms with Crippen LogP contribution >= 0.6 is 0 Å². The molecule has 2 aromatic rings. The normalized spacial score (nSPS) is 10.9. The molecule has 0 unspecified atom stereocenters. The summed E-state index contributed by atoms with van der Waals surface area (Å²) < 4.78 is 5.32. The first-order chi connectivity index (χ1) is 9.97. The Morgan fingerprint density at radius 3 is 1.57 bits per heavy atom. The average Bonchev–Trinajstić information content (AvgIpc) is 2.42. The Hall–Kier alpha value is -2.49. The number of carbonyl (C=O) groups is 1. The third-order valence-electron chi connectivity index (χ3n) is 3.04. The summed E-state index contributed by atoms with van der Waals surface area (Å²) in [6, 6.07) is 12.9. The molecule has 0 spiro atoms. The summed E-state index contributed by atoms with van der Waals surface area (Å²) in [7, 11) is 0. The van der Waals surface area contributed by atoms with E-state index in [4.69, 9.17) is 4.74 Å². The van der Waals surface area contributed by atoms with Gasteiger partial charge in [0.1, 0.15) is 17.4 Å². The third-order valence-corrected chi connectivity index (χ3v) is 3.04. The van der Waals surface area contributed by atoms with E-state index in [2.05, 4.69) is 0 Å². The molecule has 0 heterocycles. The Labute approximate surface area is 123 Å². The Morgan fingerprint density at radius 2 is 1.24 bits per heavy atom. The van der Waals surface area contributed by atoms with Crippen molar-refractivity contribution >= 4 is 5.97 Å². The van der Waals surface area contributed by atoms with E-state index in [0.717, 1.165) is 11.1 Å². The van der Waals surface area contributed by atoms with Gasteiger partial charge in [-0.3, -0.25) is 4.79 Å². The van der Waals surface area contributed by atoms with Crippen LogP contribution in [0.1, 0.15) is 30.9 Å². The number of rotatable bonds is 4. The van der Waals surface area contributed by atoms with E-state index in [0.29, 0.717) is 0 Å². The standard InChI is InChI=1S/C17H18O4/c1-11(2)21-17(20)16(12-3-7-14(18)8-4-12)13-5-9-15(19)10-6-13/h3-11,16,18-19H,1-2H3. The van der Waals surface area contributed by atoms with Gasteiger partial charge in [0.05, 0.1) is 6.10 Å². The van der Waals surface area contributed by atoms with Crippen LogP contribution in [-0.2, 0) is 9.53 Å². The molecule has 110 valence electrons. The van der Waals surface area contributed by atoms with Crippen molar-refractivity contribution in [2.24, 2.45) is 0 Å². The molecule has 0 aliphatic carbocycles. The fourth-order valence-corrected chi connectivity index (χ4v) is 2.10. The maximum Gasteiger partial charge on any atom is 0.318 e. The van der Waals surface area contributed by atoms with Gasteiger partial charge in [-0.1, -0.05) is 24.3 Å². The highest BCUT2D eigenvalue weighted by atomic mass is 16.5. The summed E-state index contributed by atoms with van der Waals surface area (Å²) in [6.07, 6.45) is -0.214. The third kappa shape index (κ3) is 3.75. The molecule has 0 saturated carbocycles. The van der Waals surface area contributed by atoms with Crippen molar-refractivity contribution in [3.05, 3.63) is 59.7 Å². The van der Waals surface area contributed by atoms with E-state index in [9.17, 15) is 15.0 Å². The van der Waals surface area contributed by atoms with Gasteiger partial charge in [-0.2, -0.15) is 0 Å². The van der Waals surface area contributed by atoms with Crippen LogP contribution in [0.2, 0.25) is 0 Å². The Bertz CT molecular complexity index is 554. The number of esters is 1. The SMILES string of the molecule is CC(C)OC(=O)C(c1ccc(O)cc1)c1ccc(O)cc1. The average molecular weight is 286 g/mol. The second kappa shape index (κ2) is 6.31. The minimum absolute atomic E-state index is 0.139. The van der Waals surface area contributed by atoms with Crippen molar-refractivity contribution in [2.75, 3.05) is 0 Å². The van der Waals surface area contributed by atoms with Crippen LogP contribution in [0.3, 0.4) is 0 Å². The zero-order chi connectivity index (χ0) is 15.4. The van der Waals surface area contributed by atoms with Crippen molar-refractivity contribution < 1.29 is 19.7 Å². The van der Waals surface area contributed by atoms with E-state index in [-0.39, 0.29) is 23.6 Å². The molecule has 0 fully saturated rings. The molecule has 2 N–H and O–H groups in total. The van der Waals surface area contributed by atoms with Crippen LogP contribution in [0, 0.1) is 0 Å². The molecule has 4 nitrogen and oxygen atoms in total. The summed E-state index contributed by atoms with van der Waals surface area (Å²) in [6.45, 7) is 3.59. The van der Waals surface area contributed by atoms with Crippen LogP contribution < -0.4 is 0 Å². The summed E-state index contributed by atoms with van der Waals surface area (Å²) in [5, 5.41) is 18.8. The number of phenols is 2. The molecule has 21 heavy (non-hydrogen) atoms. The van der Waals surface area contributed by atoms with Crippen molar-refractivity contribution in [3.63, 3.8) is 0 Å². The predicted octanol–water partition coefficient (Wildman–Crippen LogP) is 3.18. The maximum absolute atomic E-state index is 12.4. The minimum atomic E-state index is -0.589. The summed E-state index contributed by atoms with van der Waals surface area (Å²) >= 11 is 0. The number of benzene rings is 2. The molecule has 0 radical (unpaired) electrons. The van der Waals surface area contributed by atoms with Gasteiger partial charge < -0.3 is 14.9 Å². The van der Waals surface area contributed by atoms with Gasteiger partial charge in [0.25, 0.3) is 0 Å². The van der Waals surface area contributed by atoms with E-state index < -0.39 is 5.92 Å². The van der Waals surface area contributed by atoms with Gasteiger partial charge in [-0.15, -0.1) is 0 Å². The number of phenolic OH excluding ortho intramolecular Hbond substituents is 2. The molecule has 0 saturated heterocycles. The van der Waals surface area contributed by atoms with Gasteiger partial charge in [-0.05, 0) is 49.2 Å². The first-order valence-corrected chi connectivity index (χ1v) is 6.75. The van der Waals surface area contributed by atoms with Gasteiger partial charge in [0.15, 0.2) is 0 Å². The number of ether oxygens (including phenoxy) is 1. The second-order valence-electron chi connectivity index (χ2n) is 5.10. The van der Waals surface area contributed by atoms with E-state index in [1.165, 1.54) is 24.3 Å². The first kappa shape index (κ1) is 14.9. The molecular weight excluding hydrogens is 268 g/mol. The lowest BCUT2D eigenvalue weighted by atomic mass is 9.91. The van der Waals surface area contributed by atoms with Gasteiger partial charge in [-0.25, -0.2) is 0 Å². The van der Waals surface area contributed by atoms with Crippen molar-refractivity contribution in [1.82, 2.24) is 0 Å². The van der Waals surface area contributed by atoms with Crippen LogP contribution in [-0.4, -0.2) is 22.3 Å². The van der Waals surface area contributed by atoms with E-state index in [1.54, 1.807) is 38.1 Å². The molecule has 4 heteroatoms. The lowest BCUT2D eigenvalue weighted by Gasteiger charge is -2.19. The smallest absolute Gasteiger partial charge is 0.318 e. The van der Waals surface area contributed by atoms with Gasteiger partial charge in [0, 0.05) is 0 Å². The zero-order valence-corrected chi connectivity index (χ0v) is 12.0. The number of carbonyl (C=O) groups excluding carboxylic acids is 1. The quantitative estimate of drug-likeness (QED) is 0.847. The molecule has 0 aromatic heterocycles. The lowest BCUT2D eigenvalue weighted by Crippen LogP contribution is -2.20. The second-order valence-corrected chi connectivity index (χ2v) is 5.10. The lowest BCUT2D eigenvalue weighted by molar-refractivity contribution is -0.148. The topological polar surface area (TPSA) is 66.8 Å². The zero-order valence-electron chi connectivity index (χ0n) is 12.0. The number of aromatic hydroxyl groups is 2. The van der Waals surface area contributed by atoms with Crippen LogP contribution in [0.15, 0.2) is 48.5 Å². The van der Waals surface area contributed by atoms with Crippen LogP contribution in [0.25, 0.3) is 0 Å². The van der Waals surface area contributed by atoms with Gasteiger partial charge in [0.2, 0.25) is 0 Å². The predicted molar refractivity (Wildman–Crippen MR) is 79.3 cm³/mol. The molecular formula is C17H18O4. The minimum Gasteiger partial charge on any atom is -0.508 e. The highest BCUT2D eigenvalue weighted by Crippen LogP contribution is 2.29. The van der Waals surface area contributed by atoms with Crippen molar-refractivity contribution in [1.29, 1.82) is 0 Å². The first-order valence-electron chi connectivity index (χ1n) is 6.75. The van der Waals surface area contributed by atoms with E-state index in [1.807, 2.05) is 0 Å². The number of hydrogen-bond acceptors (Lipinski definition) is 4. The molecule has 0 atom stereocenters. The summed E-state index contributed by atoms with van der Waals surface area (Å²) in [5.41, 5.74) is 1.45. The molecule has 0 amide bonds. The Kier molecular flexibility index (Phi) is 4.48. The van der Waals surface area contributed by atoms with Crippen LogP contribution in [0.5, 0.6) is 11.5 Å². The van der Waals surface area contributed by atoms with Gasteiger partial charge >= 0.3 is 5.97 Å².